The van der Waals surface area contributed by atoms with Gasteiger partial charge in [0.1, 0.15) is 12.2 Å². The maximum atomic E-state index is 12.8. The van der Waals surface area contributed by atoms with Crippen molar-refractivity contribution in [3.63, 3.8) is 0 Å². The van der Waals surface area contributed by atoms with Gasteiger partial charge in [-0.2, -0.15) is 10.1 Å². The van der Waals surface area contributed by atoms with E-state index in [1.165, 1.54) is 10.9 Å². The highest BCUT2D eigenvalue weighted by atomic mass is 19.1. The number of halogens is 1. The molecule has 0 aromatic carbocycles. The number of alkyl halides is 1. The standard InChI is InChI=1S/C18H23FN6O2/c1-12(2)14(3-5-19)9-24-6-4-13-7-20-18(23-17(13)24)22-15-8-21-25(10-15)11-16(26)27/h4,6-8,10,12,14H,3,5,9,11H2,1-2H3,(H,26,27)(H,20,22,23)/t14-/m1/s1. The average Bonchev–Trinajstić information content (AvgIpc) is 3.21. The van der Waals surface area contributed by atoms with E-state index in [0.29, 0.717) is 30.5 Å². The lowest BCUT2D eigenvalue weighted by atomic mass is 9.93. The molecule has 3 aromatic rings. The van der Waals surface area contributed by atoms with E-state index in [1.807, 2.05) is 16.8 Å². The van der Waals surface area contributed by atoms with Crippen molar-refractivity contribution in [2.75, 3.05) is 12.0 Å². The first-order valence-electron chi connectivity index (χ1n) is 8.85. The van der Waals surface area contributed by atoms with Crippen molar-refractivity contribution >= 4 is 28.6 Å². The number of rotatable bonds is 9. The second-order valence-corrected chi connectivity index (χ2v) is 6.87. The van der Waals surface area contributed by atoms with Gasteiger partial charge in [0.15, 0.2) is 0 Å². The minimum atomic E-state index is -0.965. The van der Waals surface area contributed by atoms with E-state index >= 15 is 0 Å². The van der Waals surface area contributed by atoms with Crippen molar-refractivity contribution in [2.24, 2.45) is 11.8 Å². The van der Waals surface area contributed by atoms with E-state index in [2.05, 4.69) is 34.2 Å². The molecule has 144 valence electrons. The summed E-state index contributed by atoms with van der Waals surface area (Å²) in [7, 11) is 0. The molecule has 0 fully saturated rings. The lowest BCUT2D eigenvalue weighted by Gasteiger charge is -2.20. The molecule has 0 radical (unpaired) electrons. The van der Waals surface area contributed by atoms with Gasteiger partial charge in [-0.15, -0.1) is 0 Å². The zero-order valence-electron chi connectivity index (χ0n) is 15.3. The molecule has 1 atom stereocenters. The van der Waals surface area contributed by atoms with Crippen LogP contribution in [0.1, 0.15) is 20.3 Å². The second-order valence-electron chi connectivity index (χ2n) is 6.87. The number of hydrogen-bond acceptors (Lipinski definition) is 5. The third-order valence-electron chi connectivity index (χ3n) is 4.54. The highest BCUT2D eigenvalue weighted by Crippen LogP contribution is 2.22. The molecule has 0 unspecified atom stereocenters. The van der Waals surface area contributed by atoms with Crippen LogP contribution in [-0.4, -0.2) is 42.1 Å². The fourth-order valence-corrected chi connectivity index (χ4v) is 2.99. The zero-order chi connectivity index (χ0) is 19.4. The summed E-state index contributed by atoms with van der Waals surface area (Å²) in [5.41, 5.74) is 1.38. The number of carbonyl (C=O) groups is 1. The Morgan fingerprint density at radius 3 is 2.89 bits per heavy atom. The molecule has 0 saturated heterocycles. The Hall–Kier alpha value is -2.97. The van der Waals surface area contributed by atoms with Crippen LogP contribution in [-0.2, 0) is 17.9 Å². The van der Waals surface area contributed by atoms with Gasteiger partial charge in [-0.05, 0) is 24.3 Å². The van der Waals surface area contributed by atoms with Crippen molar-refractivity contribution in [3.05, 3.63) is 30.9 Å². The molecule has 0 saturated carbocycles. The molecule has 3 aromatic heterocycles. The summed E-state index contributed by atoms with van der Waals surface area (Å²) in [6, 6.07) is 1.94. The largest absolute Gasteiger partial charge is 0.480 e. The number of fused-ring (bicyclic) bond motifs is 1. The zero-order valence-corrected chi connectivity index (χ0v) is 15.3. The summed E-state index contributed by atoms with van der Waals surface area (Å²) in [5, 5.41) is 16.7. The van der Waals surface area contributed by atoms with Crippen LogP contribution in [0.3, 0.4) is 0 Å². The van der Waals surface area contributed by atoms with Crippen LogP contribution >= 0.6 is 0 Å². The van der Waals surface area contributed by atoms with Crippen LogP contribution in [0.4, 0.5) is 16.0 Å². The Morgan fingerprint density at radius 1 is 1.37 bits per heavy atom. The van der Waals surface area contributed by atoms with Crippen LogP contribution in [0.2, 0.25) is 0 Å². The van der Waals surface area contributed by atoms with Gasteiger partial charge >= 0.3 is 5.97 Å². The number of aromatic nitrogens is 5. The van der Waals surface area contributed by atoms with Crippen molar-refractivity contribution in [2.45, 2.75) is 33.4 Å². The fourth-order valence-electron chi connectivity index (χ4n) is 2.99. The summed E-state index contributed by atoms with van der Waals surface area (Å²) in [6.45, 7) is 4.35. The van der Waals surface area contributed by atoms with E-state index in [9.17, 15) is 9.18 Å². The molecule has 0 spiro atoms. The van der Waals surface area contributed by atoms with Gasteiger partial charge in [0.25, 0.3) is 0 Å². The third kappa shape index (κ3) is 4.60. The lowest BCUT2D eigenvalue weighted by Crippen LogP contribution is -2.17. The van der Waals surface area contributed by atoms with Gasteiger partial charge < -0.3 is 15.0 Å². The Balaban J connectivity index is 1.80. The van der Waals surface area contributed by atoms with Gasteiger partial charge in [-0.3, -0.25) is 13.9 Å². The molecular formula is C18H23FN6O2. The first kappa shape index (κ1) is 18.8. The predicted molar refractivity (Wildman–Crippen MR) is 99.6 cm³/mol. The molecule has 3 heterocycles. The Morgan fingerprint density at radius 2 is 2.19 bits per heavy atom. The van der Waals surface area contributed by atoms with Crippen LogP contribution in [0.15, 0.2) is 30.9 Å². The average molecular weight is 374 g/mol. The number of carboxylic acids is 1. The maximum absolute atomic E-state index is 12.8. The minimum absolute atomic E-state index is 0.213. The van der Waals surface area contributed by atoms with Gasteiger partial charge in [0.05, 0.1) is 18.6 Å². The Bertz CT molecular complexity index is 920. The molecule has 27 heavy (non-hydrogen) atoms. The molecular weight excluding hydrogens is 351 g/mol. The molecule has 3 rings (SSSR count). The number of aliphatic carboxylic acids is 1. The molecule has 0 aliphatic heterocycles. The predicted octanol–water partition coefficient (Wildman–Crippen LogP) is 3.09. The normalized spacial score (nSPS) is 12.6. The molecule has 2 N–H and O–H groups in total. The summed E-state index contributed by atoms with van der Waals surface area (Å²) in [5.74, 6) is 0.0287. The topological polar surface area (TPSA) is 97.9 Å². The number of nitrogens with one attached hydrogen (secondary N) is 1. The van der Waals surface area contributed by atoms with E-state index in [1.54, 1.807) is 12.4 Å². The molecule has 9 heteroatoms. The van der Waals surface area contributed by atoms with Crippen molar-refractivity contribution in [3.8, 4) is 0 Å². The SMILES string of the molecule is CC(C)[C@H](CCF)Cn1ccc2cnc(Nc3cnn(CC(=O)O)c3)nc21. The van der Waals surface area contributed by atoms with Gasteiger partial charge in [0.2, 0.25) is 5.95 Å². The summed E-state index contributed by atoms with van der Waals surface area (Å²) < 4.78 is 16.2. The van der Waals surface area contributed by atoms with E-state index in [-0.39, 0.29) is 19.1 Å². The number of nitrogens with zero attached hydrogens (tertiary/aromatic N) is 5. The summed E-state index contributed by atoms with van der Waals surface area (Å²) in [6.07, 6.45) is 7.29. The number of carboxylic acid groups (broad SMARTS) is 1. The monoisotopic (exact) mass is 374 g/mol. The van der Waals surface area contributed by atoms with Crippen LogP contribution in [0.25, 0.3) is 11.0 Å². The highest BCUT2D eigenvalue weighted by molar-refractivity contribution is 5.76. The van der Waals surface area contributed by atoms with Gasteiger partial charge in [0, 0.05) is 30.5 Å². The van der Waals surface area contributed by atoms with Crippen molar-refractivity contribution in [1.82, 2.24) is 24.3 Å². The van der Waals surface area contributed by atoms with E-state index in [4.69, 9.17) is 5.11 Å². The number of anilines is 2. The van der Waals surface area contributed by atoms with Gasteiger partial charge in [-0.25, -0.2) is 4.98 Å². The van der Waals surface area contributed by atoms with E-state index < -0.39 is 5.97 Å². The van der Waals surface area contributed by atoms with Crippen molar-refractivity contribution in [1.29, 1.82) is 0 Å². The molecule has 8 nitrogen and oxygen atoms in total. The Kier molecular flexibility index (Phi) is 5.68. The Labute approximate surface area is 156 Å². The minimum Gasteiger partial charge on any atom is -0.480 e. The number of hydrogen-bond donors (Lipinski definition) is 2. The first-order valence-corrected chi connectivity index (χ1v) is 8.85. The second kappa shape index (κ2) is 8.15. The first-order chi connectivity index (χ1) is 13.0. The lowest BCUT2D eigenvalue weighted by molar-refractivity contribution is -0.137. The van der Waals surface area contributed by atoms with Crippen LogP contribution < -0.4 is 5.32 Å². The highest BCUT2D eigenvalue weighted by Gasteiger charge is 2.16. The van der Waals surface area contributed by atoms with Crippen LogP contribution in [0.5, 0.6) is 0 Å². The van der Waals surface area contributed by atoms with Gasteiger partial charge in [-0.1, -0.05) is 13.8 Å². The maximum Gasteiger partial charge on any atom is 0.325 e. The molecule has 0 bridgehead atoms. The fraction of sp³-hybridized carbons (Fsp3) is 0.444. The van der Waals surface area contributed by atoms with E-state index in [0.717, 1.165) is 11.0 Å². The molecule has 0 aliphatic carbocycles. The smallest absolute Gasteiger partial charge is 0.325 e. The quantitative estimate of drug-likeness (QED) is 0.597. The molecule has 0 aliphatic rings. The summed E-state index contributed by atoms with van der Waals surface area (Å²) >= 11 is 0. The third-order valence-corrected chi connectivity index (χ3v) is 4.54. The molecule has 0 amide bonds. The van der Waals surface area contributed by atoms with Crippen molar-refractivity contribution < 1.29 is 14.3 Å². The van der Waals surface area contributed by atoms with Crippen LogP contribution in [0, 0.1) is 11.8 Å². The summed E-state index contributed by atoms with van der Waals surface area (Å²) in [4.78, 5) is 19.6.